The SMILES string of the molecule is CCOc1ccc(S(=O)(=O)NCc2ccc(Cl)cc2Cl)cc1. The number of halogens is 2. The molecule has 0 saturated heterocycles. The topological polar surface area (TPSA) is 55.4 Å². The quantitative estimate of drug-likeness (QED) is 0.851. The van der Waals surface area contributed by atoms with Crippen LogP contribution >= 0.6 is 23.2 Å². The van der Waals surface area contributed by atoms with Crippen LogP contribution in [0.1, 0.15) is 12.5 Å². The van der Waals surface area contributed by atoms with Crippen LogP contribution in [-0.4, -0.2) is 15.0 Å². The van der Waals surface area contributed by atoms with Crippen molar-refractivity contribution < 1.29 is 13.2 Å². The van der Waals surface area contributed by atoms with E-state index in [9.17, 15) is 8.42 Å². The zero-order valence-corrected chi connectivity index (χ0v) is 14.2. The molecule has 0 aliphatic carbocycles. The van der Waals surface area contributed by atoms with Gasteiger partial charge in [0.25, 0.3) is 0 Å². The monoisotopic (exact) mass is 359 g/mol. The van der Waals surface area contributed by atoms with Crippen LogP contribution in [-0.2, 0) is 16.6 Å². The van der Waals surface area contributed by atoms with Crippen molar-refractivity contribution in [1.82, 2.24) is 4.72 Å². The highest BCUT2D eigenvalue weighted by Crippen LogP contribution is 2.22. The van der Waals surface area contributed by atoms with Gasteiger partial charge in [0.15, 0.2) is 0 Å². The first-order valence-electron chi connectivity index (χ1n) is 6.59. The van der Waals surface area contributed by atoms with Crippen molar-refractivity contribution in [2.24, 2.45) is 0 Å². The number of ether oxygens (including phenoxy) is 1. The smallest absolute Gasteiger partial charge is 0.240 e. The van der Waals surface area contributed by atoms with Crippen molar-refractivity contribution in [2.45, 2.75) is 18.4 Å². The summed E-state index contributed by atoms with van der Waals surface area (Å²) < 4.78 is 32.3. The third-order valence-electron chi connectivity index (χ3n) is 2.91. The molecule has 0 unspecified atom stereocenters. The number of rotatable bonds is 6. The third kappa shape index (κ3) is 4.36. The van der Waals surface area contributed by atoms with Crippen LogP contribution in [0.25, 0.3) is 0 Å². The zero-order chi connectivity index (χ0) is 16.2. The molecule has 0 aliphatic heterocycles. The van der Waals surface area contributed by atoms with Crippen molar-refractivity contribution in [3.63, 3.8) is 0 Å². The molecule has 0 atom stereocenters. The Labute approximate surface area is 140 Å². The molecule has 0 spiro atoms. The fourth-order valence-corrected chi connectivity index (χ4v) is 3.28. The van der Waals surface area contributed by atoms with E-state index in [1.54, 1.807) is 30.3 Å². The summed E-state index contributed by atoms with van der Waals surface area (Å²) in [5.41, 5.74) is 0.653. The van der Waals surface area contributed by atoms with E-state index in [2.05, 4.69) is 4.72 Å². The molecule has 0 amide bonds. The lowest BCUT2D eigenvalue weighted by Crippen LogP contribution is -2.23. The standard InChI is InChI=1S/C15H15Cl2NO3S/c1-2-21-13-5-7-14(8-6-13)22(19,20)18-10-11-3-4-12(16)9-15(11)17/h3-9,18H,2,10H2,1H3. The Morgan fingerprint density at radius 2 is 1.77 bits per heavy atom. The normalized spacial score (nSPS) is 11.4. The Bertz CT molecular complexity index is 746. The molecule has 2 rings (SSSR count). The molecule has 0 bridgehead atoms. The highest BCUT2D eigenvalue weighted by molar-refractivity contribution is 7.89. The van der Waals surface area contributed by atoms with Crippen LogP contribution in [0.3, 0.4) is 0 Å². The van der Waals surface area contributed by atoms with Gasteiger partial charge in [0, 0.05) is 16.6 Å². The summed E-state index contributed by atoms with van der Waals surface area (Å²) in [6.45, 7) is 2.48. The highest BCUT2D eigenvalue weighted by Gasteiger charge is 2.14. The summed E-state index contributed by atoms with van der Waals surface area (Å²) in [5.74, 6) is 0.627. The van der Waals surface area contributed by atoms with Crippen LogP contribution in [0.5, 0.6) is 5.75 Å². The van der Waals surface area contributed by atoms with Crippen LogP contribution in [0, 0.1) is 0 Å². The second-order valence-electron chi connectivity index (χ2n) is 4.46. The molecule has 1 N–H and O–H groups in total. The van der Waals surface area contributed by atoms with Gasteiger partial charge in [0.1, 0.15) is 5.75 Å². The van der Waals surface area contributed by atoms with Crippen LogP contribution in [0.4, 0.5) is 0 Å². The lowest BCUT2D eigenvalue weighted by Gasteiger charge is -2.09. The molecule has 118 valence electrons. The Morgan fingerprint density at radius 1 is 1.09 bits per heavy atom. The van der Waals surface area contributed by atoms with Crippen molar-refractivity contribution >= 4 is 33.2 Å². The molecule has 0 fully saturated rings. The molecule has 2 aromatic carbocycles. The van der Waals surface area contributed by atoms with Crippen molar-refractivity contribution in [2.75, 3.05) is 6.61 Å². The summed E-state index contributed by atoms with van der Waals surface area (Å²) >= 11 is 11.8. The Hall–Kier alpha value is -1.27. The zero-order valence-electron chi connectivity index (χ0n) is 11.8. The first-order chi connectivity index (χ1) is 10.4. The molecule has 0 saturated carbocycles. The second-order valence-corrected chi connectivity index (χ2v) is 7.08. The van der Waals surface area contributed by atoms with Crippen molar-refractivity contribution in [1.29, 1.82) is 0 Å². The summed E-state index contributed by atoms with van der Waals surface area (Å²) in [6, 6.07) is 11.2. The fraction of sp³-hybridized carbons (Fsp3) is 0.200. The summed E-state index contributed by atoms with van der Waals surface area (Å²) in [5, 5.41) is 0.921. The van der Waals surface area contributed by atoms with E-state index in [1.165, 1.54) is 12.1 Å². The molecular weight excluding hydrogens is 345 g/mol. The number of nitrogens with one attached hydrogen (secondary N) is 1. The number of sulfonamides is 1. The van der Waals surface area contributed by atoms with Gasteiger partial charge < -0.3 is 4.74 Å². The van der Waals surface area contributed by atoms with Crippen LogP contribution < -0.4 is 9.46 Å². The van der Waals surface area contributed by atoms with E-state index in [0.717, 1.165) is 0 Å². The second kappa shape index (κ2) is 7.33. The van der Waals surface area contributed by atoms with E-state index in [0.29, 0.717) is 28.0 Å². The lowest BCUT2D eigenvalue weighted by atomic mass is 10.2. The average Bonchev–Trinajstić information content (AvgIpc) is 2.47. The number of hydrogen-bond acceptors (Lipinski definition) is 3. The third-order valence-corrected chi connectivity index (χ3v) is 4.92. The first-order valence-corrected chi connectivity index (χ1v) is 8.83. The van der Waals surface area contributed by atoms with Gasteiger partial charge in [0.2, 0.25) is 10.0 Å². The number of benzene rings is 2. The van der Waals surface area contributed by atoms with Crippen molar-refractivity contribution in [3.05, 3.63) is 58.1 Å². The molecule has 7 heteroatoms. The minimum absolute atomic E-state index is 0.0888. The molecule has 0 radical (unpaired) electrons. The van der Waals surface area contributed by atoms with E-state index in [1.807, 2.05) is 6.92 Å². The van der Waals surface area contributed by atoms with E-state index in [4.69, 9.17) is 27.9 Å². The van der Waals surface area contributed by atoms with E-state index >= 15 is 0 Å². The maximum atomic E-state index is 12.2. The number of hydrogen-bond donors (Lipinski definition) is 1. The summed E-state index contributed by atoms with van der Waals surface area (Å²) in [7, 11) is -3.61. The fourth-order valence-electron chi connectivity index (χ4n) is 1.80. The maximum absolute atomic E-state index is 12.2. The molecule has 0 heterocycles. The predicted octanol–water partition coefficient (Wildman–Crippen LogP) is 3.87. The van der Waals surface area contributed by atoms with Gasteiger partial charge >= 0.3 is 0 Å². The Morgan fingerprint density at radius 3 is 2.36 bits per heavy atom. The van der Waals surface area contributed by atoms with Gasteiger partial charge in [-0.05, 0) is 48.9 Å². The molecular formula is C15H15Cl2NO3S. The van der Waals surface area contributed by atoms with Crippen LogP contribution in [0.15, 0.2) is 47.4 Å². The van der Waals surface area contributed by atoms with Gasteiger partial charge in [-0.2, -0.15) is 0 Å². The molecule has 0 aromatic heterocycles. The molecule has 22 heavy (non-hydrogen) atoms. The van der Waals surface area contributed by atoms with Gasteiger partial charge in [-0.3, -0.25) is 0 Å². The van der Waals surface area contributed by atoms with Gasteiger partial charge in [-0.1, -0.05) is 29.3 Å². The molecule has 2 aromatic rings. The predicted molar refractivity (Wildman–Crippen MR) is 88.1 cm³/mol. The van der Waals surface area contributed by atoms with Gasteiger partial charge in [-0.15, -0.1) is 0 Å². The highest BCUT2D eigenvalue weighted by atomic mass is 35.5. The van der Waals surface area contributed by atoms with Gasteiger partial charge in [-0.25, -0.2) is 13.1 Å². The molecule has 4 nitrogen and oxygen atoms in total. The van der Waals surface area contributed by atoms with E-state index in [-0.39, 0.29) is 11.4 Å². The first kappa shape index (κ1) is 17.1. The molecule has 0 aliphatic rings. The average molecular weight is 360 g/mol. The van der Waals surface area contributed by atoms with Crippen molar-refractivity contribution in [3.8, 4) is 5.75 Å². The summed E-state index contributed by atoms with van der Waals surface area (Å²) in [6.07, 6.45) is 0. The maximum Gasteiger partial charge on any atom is 0.240 e. The minimum atomic E-state index is -3.61. The van der Waals surface area contributed by atoms with Crippen LogP contribution in [0.2, 0.25) is 10.0 Å². The Kier molecular flexibility index (Phi) is 5.69. The largest absolute Gasteiger partial charge is 0.494 e. The van der Waals surface area contributed by atoms with E-state index < -0.39 is 10.0 Å². The Balaban J connectivity index is 2.10. The lowest BCUT2D eigenvalue weighted by molar-refractivity contribution is 0.340. The summed E-state index contributed by atoms with van der Waals surface area (Å²) in [4.78, 5) is 0.168. The minimum Gasteiger partial charge on any atom is -0.494 e. The van der Waals surface area contributed by atoms with Gasteiger partial charge in [0.05, 0.1) is 11.5 Å².